The smallest absolute Gasteiger partial charge is 0.250 e. The number of nitrogens with zero attached hydrogens (tertiary/aromatic N) is 2. The summed E-state index contributed by atoms with van der Waals surface area (Å²) in [6.45, 7) is 0. The molecule has 92 valence electrons. The van der Waals surface area contributed by atoms with Gasteiger partial charge < -0.3 is 5.73 Å². The first-order chi connectivity index (χ1) is 9.25. The van der Waals surface area contributed by atoms with E-state index in [-0.39, 0.29) is 0 Å². The number of nitrogens with two attached hydrogens (primary N) is 1. The van der Waals surface area contributed by atoms with E-state index in [1.165, 1.54) is 0 Å². The van der Waals surface area contributed by atoms with Crippen LogP contribution in [0.25, 0.3) is 22.0 Å². The van der Waals surface area contributed by atoms with Gasteiger partial charge in [-0.15, -0.1) is 0 Å². The number of primary amides is 1. The molecule has 1 amide bonds. The molecule has 0 aliphatic rings. The lowest BCUT2D eigenvalue weighted by Gasteiger charge is -2.05. The minimum atomic E-state index is -0.466. The molecule has 2 heterocycles. The van der Waals surface area contributed by atoms with Crippen molar-refractivity contribution in [2.75, 3.05) is 0 Å². The van der Waals surface area contributed by atoms with Gasteiger partial charge in [0.05, 0.1) is 11.1 Å². The second-order valence-corrected chi connectivity index (χ2v) is 4.21. The average molecular weight is 249 g/mol. The third-order valence-corrected chi connectivity index (χ3v) is 2.97. The Hall–Kier alpha value is -2.75. The molecule has 0 radical (unpaired) electrons. The Morgan fingerprint density at radius 1 is 1.05 bits per heavy atom. The molecule has 1 aromatic carbocycles. The van der Waals surface area contributed by atoms with Crippen molar-refractivity contribution in [2.24, 2.45) is 5.73 Å². The van der Waals surface area contributed by atoms with Crippen LogP contribution in [-0.2, 0) is 0 Å². The summed E-state index contributed by atoms with van der Waals surface area (Å²) in [5, 5.41) is 0.887. The van der Waals surface area contributed by atoms with Gasteiger partial charge in [-0.25, -0.2) is 0 Å². The SMILES string of the molecule is NC(=O)c1cccc2cc(-c3cccnc3)cnc12. The number of benzene rings is 1. The number of amides is 1. The van der Waals surface area contributed by atoms with Crippen LogP contribution in [0.15, 0.2) is 55.0 Å². The molecule has 0 spiro atoms. The third kappa shape index (κ3) is 2.04. The Morgan fingerprint density at radius 3 is 2.68 bits per heavy atom. The van der Waals surface area contributed by atoms with Crippen molar-refractivity contribution in [2.45, 2.75) is 0 Å². The molecule has 0 unspecified atom stereocenters. The summed E-state index contributed by atoms with van der Waals surface area (Å²) in [6.07, 6.45) is 5.23. The van der Waals surface area contributed by atoms with E-state index in [1.54, 1.807) is 30.7 Å². The molecule has 0 aliphatic carbocycles. The van der Waals surface area contributed by atoms with Gasteiger partial charge in [0.1, 0.15) is 0 Å². The summed E-state index contributed by atoms with van der Waals surface area (Å²) >= 11 is 0. The van der Waals surface area contributed by atoms with Gasteiger partial charge in [0.25, 0.3) is 5.91 Å². The maximum Gasteiger partial charge on any atom is 0.250 e. The van der Waals surface area contributed by atoms with Crippen LogP contribution in [0.3, 0.4) is 0 Å². The lowest BCUT2D eigenvalue weighted by molar-refractivity contribution is 0.100. The molecule has 4 heteroatoms. The molecule has 0 fully saturated rings. The zero-order valence-electron chi connectivity index (χ0n) is 10.1. The first-order valence-corrected chi connectivity index (χ1v) is 5.85. The minimum absolute atomic E-state index is 0.440. The Labute approximate surface area is 109 Å². The summed E-state index contributed by atoms with van der Waals surface area (Å²) in [5.41, 5.74) is 8.36. The Balaban J connectivity index is 2.20. The minimum Gasteiger partial charge on any atom is -0.366 e. The Morgan fingerprint density at radius 2 is 1.95 bits per heavy atom. The third-order valence-electron chi connectivity index (χ3n) is 2.97. The second-order valence-electron chi connectivity index (χ2n) is 4.21. The average Bonchev–Trinajstić information content (AvgIpc) is 2.47. The molecule has 4 nitrogen and oxygen atoms in total. The first kappa shape index (κ1) is 11.3. The van der Waals surface area contributed by atoms with E-state index in [4.69, 9.17) is 5.73 Å². The van der Waals surface area contributed by atoms with Gasteiger partial charge >= 0.3 is 0 Å². The zero-order chi connectivity index (χ0) is 13.2. The number of aromatic nitrogens is 2. The standard InChI is InChI=1S/C15H11N3O/c16-15(19)13-5-1-3-10-7-12(9-18-14(10)13)11-4-2-6-17-8-11/h1-9H,(H2,16,19). The van der Waals surface area contributed by atoms with Crippen molar-refractivity contribution in [3.8, 4) is 11.1 Å². The maximum absolute atomic E-state index is 11.3. The highest BCUT2D eigenvalue weighted by molar-refractivity contribution is 6.05. The van der Waals surface area contributed by atoms with Gasteiger partial charge in [0.15, 0.2) is 0 Å². The fourth-order valence-corrected chi connectivity index (χ4v) is 2.05. The van der Waals surface area contributed by atoms with E-state index in [2.05, 4.69) is 9.97 Å². The number of hydrogen-bond acceptors (Lipinski definition) is 3. The lowest BCUT2D eigenvalue weighted by Crippen LogP contribution is -2.11. The Bertz CT molecular complexity index is 754. The molecule has 0 bridgehead atoms. The molecular formula is C15H11N3O. The van der Waals surface area contributed by atoms with Crippen LogP contribution in [0, 0.1) is 0 Å². The van der Waals surface area contributed by atoms with Gasteiger partial charge in [-0.2, -0.15) is 0 Å². The van der Waals surface area contributed by atoms with E-state index in [0.717, 1.165) is 16.5 Å². The van der Waals surface area contributed by atoms with Crippen molar-refractivity contribution in [3.05, 3.63) is 60.6 Å². The van der Waals surface area contributed by atoms with Gasteiger partial charge in [-0.05, 0) is 18.2 Å². The number of hydrogen-bond donors (Lipinski definition) is 1. The fourth-order valence-electron chi connectivity index (χ4n) is 2.05. The molecule has 0 saturated carbocycles. The largest absolute Gasteiger partial charge is 0.366 e. The number of carbonyl (C=O) groups excluding carboxylic acids is 1. The van der Waals surface area contributed by atoms with Crippen molar-refractivity contribution in [1.29, 1.82) is 0 Å². The second kappa shape index (κ2) is 4.49. The molecule has 2 aromatic heterocycles. The van der Waals surface area contributed by atoms with E-state index < -0.39 is 5.91 Å². The molecule has 0 saturated heterocycles. The van der Waals surface area contributed by atoms with E-state index in [1.807, 2.05) is 24.3 Å². The van der Waals surface area contributed by atoms with Crippen LogP contribution < -0.4 is 5.73 Å². The summed E-state index contributed by atoms with van der Waals surface area (Å²) < 4.78 is 0. The monoisotopic (exact) mass is 249 g/mol. The zero-order valence-corrected chi connectivity index (χ0v) is 10.1. The number of rotatable bonds is 2. The predicted octanol–water partition coefficient (Wildman–Crippen LogP) is 2.40. The highest BCUT2D eigenvalue weighted by Crippen LogP contribution is 2.23. The van der Waals surface area contributed by atoms with Gasteiger partial charge in [0.2, 0.25) is 0 Å². The van der Waals surface area contributed by atoms with Crippen LogP contribution >= 0.6 is 0 Å². The number of carbonyl (C=O) groups is 1. The lowest BCUT2D eigenvalue weighted by atomic mass is 10.0. The summed E-state index contributed by atoms with van der Waals surface area (Å²) in [6, 6.07) is 11.2. The van der Waals surface area contributed by atoms with Gasteiger partial charge in [-0.3, -0.25) is 14.8 Å². The molecule has 2 N–H and O–H groups in total. The van der Waals surface area contributed by atoms with Crippen LogP contribution in [0.4, 0.5) is 0 Å². The van der Waals surface area contributed by atoms with Crippen molar-refractivity contribution >= 4 is 16.8 Å². The molecule has 3 rings (SSSR count). The van der Waals surface area contributed by atoms with E-state index >= 15 is 0 Å². The normalized spacial score (nSPS) is 10.5. The fraction of sp³-hybridized carbons (Fsp3) is 0. The summed E-state index contributed by atoms with van der Waals surface area (Å²) in [5.74, 6) is -0.466. The number of para-hydroxylation sites is 1. The van der Waals surface area contributed by atoms with E-state index in [9.17, 15) is 4.79 Å². The first-order valence-electron chi connectivity index (χ1n) is 5.85. The number of fused-ring (bicyclic) bond motifs is 1. The highest BCUT2D eigenvalue weighted by atomic mass is 16.1. The van der Waals surface area contributed by atoms with Crippen LogP contribution in [0.1, 0.15) is 10.4 Å². The van der Waals surface area contributed by atoms with Gasteiger partial charge in [0, 0.05) is 35.1 Å². The van der Waals surface area contributed by atoms with Crippen molar-refractivity contribution in [1.82, 2.24) is 9.97 Å². The van der Waals surface area contributed by atoms with Crippen LogP contribution in [0.5, 0.6) is 0 Å². The summed E-state index contributed by atoms with van der Waals surface area (Å²) in [4.78, 5) is 19.8. The summed E-state index contributed by atoms with van der Waals surface area (Å²) in [7, 11) is 0. The van der Waals surface area contributed by atoms with Crippen molar-refractivity contribution < 1.29 is 4.79 Å². The molecule has 0 atom stereocenters. The maximum atomic E-state index is 11.3. The molecular weight excluding hydrogens is 238 g/mol. The molecule has 3 aromatic rings. The number of pyridine rings is 2. The topological polar surface area (TPSA) is 68.9 Å². The highest BCUT2D eigenvalue weighted by Gasteiger charge is 2.08. The van der Waals surface area contributed by atoms with Gasteiger partial charge in [-0.1, -0.05) is 18.2 Å². The Kier molecular flexibility index (Phi) is 2.68. The van der Waals surface area contributed by atoms with E-state index in [0.29, 0.717) is 11.1 Å². The van der Waals surface area contributed by atoms with Crippen LogP contribution in [-0.4, -0.2) is 15.9 Å². The molecule has 19 heavy (non-hydrogen) atoms. The molecule has 0 aliphatic heterocycles. The predicted molar refractivity (Wildman–Crippen MR) is 73.5 cm³/mol. The quantitative estimate of drug-likeness (QED) is 0.758. The van der Waals surface area contributed by atoms with Crippen molar-refractivity contribution in [3.63, 3.8) is 0 Å². The van der Waals surface area contributed by atoms with Crippen LogP contribution in [0.2, 0.25) is 0 Å².